The first-order chi connectivity index (χ1) is 26.6. The summed E-state index contributed by atoms with van der Waals surface area (Å²) in [5.41, 5.74) is 0. The number of ether oxygens (including phenoxy) is 3. The van der Waals surface area contributed by atoms with Crippen LogP contribution in [0.4, 0.5) is 0 Å². The number of carbonyl (C=O) groups excluding carboxylic acids is 3. The maximum absolute atomic E-state index is 12.6. The lowest BCUT2D eigenvalue weighted by molar-refractivity contribution is -0.889. The van der Waals surface area contributed by atoms with E-state index in [0.717, 1.165) is 83.5 Å². The minimum Gasteiger partial charge on any atom is -0.544 e. The molecule has 8 heteroatoms. The largest absolute Gasteiger partial charge is 0.544 e. The molecule has 8 nitrogen and oxygen atoms in total. The molecule has 0 amide bonds. The van der Waals surface area contributed by atoms with Crippen LogP contribution in [0.15, 0.2) is 85.1 Å². The molecule has 0 bridgehead atoms. The summed E-state index contributed by atoms with van der Waals surface area (Å²) in [7, 11) is 5.37. The van der Waals surface area contributed by atoms with Crippen LogP contribution >= 0.6 is 0 Å². The van der Waals surface area contributed by atoms with Crippen molar-refractivity contribution in [2.45, 2.75) is 154 Å². The van der Waals surface area contributed by atoms with Crippen LogP contribution in [-0.4, -0.2) is 75.5 Å². The molecule has 0 radical (unpaired) electrons. The second-order valence-electron chi connectivity index (χ2n) is 14.8. The molecule has 0 saturated heterocycles. The van der Waals surface area contributed by atoms with Gasteiger partial charge in [-0.25, -0.2) is 0 Å². The molecule has 0 aromatic heterocycles. The van der Waals surface area contributed by atoms with E-state index in [2.05, 4.69) is 98.9 Å². The van der Waals surface area contributed by atoms with Crippen molar-refractivity contribution in [3.8, 4) is 0 Å². The minimum atomic E-state index is -1.14. The molecule has 0 rings (SSSR count). The quantitative estimate of drug-likeness (QED) is 0.0271. The molecule has 2 unspecified atom stereocenters. The first-order valence-corrected chi connectivity index (χ1v) is 21.1. The number of hydrogen-bond donors (Lipinski definition) is 0. The number of unbranched alkanes of at least 4 members (excludes halogenated alkanes) is 8. The number of quaternary nitrogens is 1. The Hall–Kier alpha value is -3.49. The highest BCUT2D eigenvalue weighted by Gasteiger charge is 2.25. The van der Waals surface area contributed by atoms with Crippen molar-refractivity contribution >= 4 is 17.9 Å². The van der Waals surface area contributed by atoms with E-state index in [-0.39, 0.29) is 49.1 Å². The zero-order valence-electron chi connectivity index (χ0n) is 35.3. The summed E-state index contributed by atoms with van der Waals surface area (Å²) in [6.07, 6.45) is 47.7. The van der Waals surface area contributed by atoms with E-state index in [9.17, 15) is 19.5 Å². The number of carboxylic acid groups (broad SMARTS) is 1. The summed E-state index contributed by atoms with van der Waals surface area (Å²) in [5, 5.41) is 11.6. The van der Waals surface area contributed by atoms with Gasteiger partial charge in [0, 0.05) is 19.3 Å². The third-order valence-electron chi connectivity index (χ3n) is 8.78. The van der Waals surface area contributed by atoms with E-state index >= 15 is 0 Å². The molecule has 2 atom stereocenters. The molecule has 0 N–H and O–H groups in total. The van der Waals surface area contributed by atoms with Crippen molar-refractivity contribution in [2.75, 3.05) is 41.0 Å². The van der Waals surface area contributed by atoms with Crippen molar-refractivity contribution in [1.82, 2.24) is 0 Å². The number of esters is 2. The first-order valence-electron chi connectivity index (χ1n) is 21.1. The summed E-state index contributed by atoms with van der Waals surface area (Å²) in [4.78, 5) is 36.7. The summed E-state index contributed by atoms with van der Waals surface area (Å²) in [5.74, 6) is -1.83. The number of nitrogens with zero attached hydrogens (tertiary/aromatic N) is 1. The SMILES string of the molecule is CC/C=C/C/C=C/C/C=C/C/C=C/CCCCCCCCCC(=O)OCC(COCCC(C(=O)[O-])[N+](C)(C)C)OC(=O)CCC/C=C/C/C=C/C/C=C/CC. The molecule has 0 aliphatic heterocycles. The lowest BCUT2D eigenvalue weighted by Crippen LogP contribution is -2.55. The molecule has 0 aliphatic carbocycles. The normalized spacial score (nSPS) is 13.8. The summed E-state index contributed by atoms with van der Waals surface area (Å²) >= 11 is 0. The second-order valence-corrected chi connectivity index (χ2v) is 14.8. The average Bonchev–Trinajstić information content (AvgIpc) is 3.14. The predicted octanol–water partition coefficient (Wildman–Crippen LogP) is 10.0. The maximum Gasteiger partial charge on any atom is 0.306 e. The van der Waals surface area contributed by atoms with Crippen LogP contribution in [0, 0.1) is 0 Å². The van der Waals surface area contributed by atoms with Crippen molar-refractivity contribution in [1.29, 1.82) is 0 Å². The highest BCUT2D eigenvalue weighted by atomic mass is 16.6. The minimum absolute atomic E-state index is 0.0118. The van der Waals surface area contributed by atoms with Crippen LogP contribution in [0.2, 0.25) is 0 Å². The molecule has 55 heavy (non-hydrogen) atoms. The van der Waals surface area contributed by atoms with Gasteiger partial charge in [-0.1, -0.05) is 131 Å². The monoisotopic (exact) mass is 768 g/mol. The molecule has 0 spiro atoms. The fraction of sp³-hybridized carbons (Fsp3) is 0.638. The Morgan fingerprint density at radius 1 is 0.545 bits per heavy atom. The molecule has 0 fully saturated rings. The number of likely N-dealkylation sites (N-methyl/N-ethyl adjacent to an activating group) is 1. The summed E-state index contributed by atoms with van der Waals surface area (Å²) in [6.45, 7) is 4.33. The fourth-order valence-electron chi connectivity index (χ4n) is 5.55. The Labute approximate surface area is 335 Å². The second kappa shape index (κ2) is 37.4. The van der Waals surface area contributed by atoms with Crippen molar-refractivity contribution in [2.24, 2.45) is 0 Å². The topological polar surface area (TPSA) is 102 Å². The van der Waals surface area contributed by atoms with Gasteiger partial charge in [0.1, 0.15) is 12.6 Å². The average molecular weight is 768 g/mol. The third-order valence-corrected chi connectivity index (χ3v) is 8.78. The number of carbonyl (C=O) groups is 3. The Morgan fingerprint density at radius 3 is 1.47 bits per heavy atom. The van der Waals surface area contributed by atoms with Crippen molar-refractivity contribution in [3.63, 3.8) is 0 Å². The molecule has 0 aromatic rings. The van der Waals surface area contributed by atoms with Gasteiger partial charge in [0.15, 0.2) is 6.10 Å². The highest BCUT2D eigenvalue weighted by Crippen LogP contribution is 2.12. The fourth-order valence-corrected chi connectivity index (χ4v) is 5.55. The van der Waals surface area contributed by atoms with E-state index < -0.39 is 18.1 Å². The lowest BCUT2D eigenvalue weighted by Gasteiger charge is -2.34. The van der Waals surface area contributed by atoms with Gasteiger partial charge in [-0.05, 0) is 77.0 Å². The number of hydrogen-bond acceptors (Lipinski definition) is 7. The number of allylic oxidation sites excluding steroid dienone is 14. The molecule has 0 aromatic carbocycles. The van der Waals surface area contributed by atoms with E-state index in [0.29, 0.717) is 12.8 Å². The van der Waals surface area contributed by atoms with Crippen LogP contribution in [0.1, 0.15) is 142 Å². The van der Waals surface area contributed by atoms with E-state index in [1.54, 1.807) is 21.1 Å². The number of aliphatic carboxylic acids is 1. The van der Waals surface area contributed by atoms with Gasteiger partial charge in [0.2, 0.25) is 0 Å². The van der Waals surface area contributed by atoms with Crippen LogP contribution < -0.4 is 5.11 Å². The zero-order valence-corrected chi connectivity index (χ0v) is 35.3. The molecule has 0 saturated carbocycles. The Morgan fingerprint density at radius 2 is 0.982 bits per heavy atom. The van der Waals surface area contributed by atoms with Crippen LogP contribution in [-0.2, 0) is 28.6 Å². The van der Waals surface area contributed by atoms with E-state index in [1.165, 1.54) is 19.3 Å². The van der Waals surface area contributed by atoms with Gasteiger partial charge in [-0.3, -0.25) is 9.59 Å². The van der Waals surface area contributed by atoms with Gasteiger partial charge in [-0.2, -0.15) is 0 Å². The van der Waals surface area contributed by atoms with Gasteiger partial charge in [0.05, 0.1) is 40.3 Å². The van der Waals surface area contributed by atoms with Gasteiger partial charge < -0.3 is 28.6 Å². The van der Waals surface area contributed by atoms with Crippen LogP contribution in [0.5, 0.6) is 0 Å². The summed E-state index contributed by atoms with van der Waals surface area (Å²) < 4.78 is 17.0. The molecular formula is C47H77NO7. The smallest absolute Gasteiger partial charge is 0.306 e. The number of carboxylic acids is 1. The number of rotatable bonds is 36. The molecule has 0 heterocycles. The Balaban J connectivity index is 4.38. The van der Waals surface area contributed by atoms with Gasteiger partial charge >= 0.3 is 11.9 Å². The molecule has 0 aliphatic rings. The van der Waals surface area contributed by atoms with Crippen molar-refractivity contribution < 1.29 is 38.2 Å². The summed E-state index contributed by atoms with van der Waals surface area (Å²) in [6, 6.07) is -0.739. The Kier molecular flexibility index (Phi) is 35.1. The van der Waals surface area contributed by atoms with Crippen LogP contribution in [0.3, 0.4) is 0 Å². The maximum atomic E-state index is 12.6. The zero-order chi connectivity index (χ0) is 40.7. The highest BCUT2D eigenvalue weighted by molar-refractivity contribution is 5.70. The third kappa shape index (κ3) is 35.9. The lowest BCUT2D eigenvalue weighted by atomic mass is 10.1. The predicted molar refractivity (Wildman–Crippen MR) is 226 cm³/mol. The van der Waals surface area contributed by atoms with Gasteiger partial charge in [0.25, 0.3) is 0 Å². The van der Waals surface area contributed by atoms with Crippen molar-refractivity contribution in [3.05, 3.63) is 85.1 Å². The standard InChI is InChI=1S/C47H77NO7/c1-6-8-10-12-14-16-18-19-20-21-22-23-24-25-26-28-29-31-33-35-37-45(49)54-42-43(41-53-40-39-44(47(51)52)48(3,4)5)55-46(50)38-36-34-32-30-27-17-15-13-11-9-7-2/h8-11,14-17,19-20,22-23,30,32,43-44H,6-7,12-13,18,21,24-29,31,33-42H2,1-5H3/b10-8+,11-9+,16-14+,17-15+,20-19+,23-22+,32-30+. The first kappa shape index (κ1) is 51.5. The van der Waals surface area contributed by atoms with E-state index in [4.69, 9.17) is 14.2 Å². The van der Waals surface area contributed by atoms with E-state index in [1.807, 2.05) is 0 Å². The molecule has 312 valence electrons. The Bertz CT molecular complexity index is 1170. The molecular weight excluding hydrogens is 691 g/mol. The van der Waals surface area contributed by atoms with Gasteiger partial charge in [-0.15, -0.1) is 0 Å². The van der Waals surface area contributed by atoms with Crippen LogP contribution in [0.25, 0.3) is 0 Å².